The second-order valence-electron chi connectivity index (χ2n) is 5.09. The largest absolute Gasteiger partial charge is 0.459 e. The molecule has 0 bridgehead atoms. The SMILES string of the molecule is C[N+](C)(C)CC(O)COC(=O)c1ccccc1. The number of rotatable bonds is 5. The molecule has 4 nitrogen and oxygen atoms in total. The third-order valence-electron chi connectivity index (χ3n) is 2.17. The van der Waals surface area contributed by atoms with Gasteiger partial charge in [0.15, 0.2) is 0 Å². The predicted octanol–water partition coefficient (Wildman–Crippen LogP) is 0.910. The van der Waals surface area contributed by atoms with Crippen molar-refractivity contribution in [3.8, 4) is 0 Å². The van der Waals surface area contributed by atoms with Gasteiger partial charge in [-0.25, -0.2) is 4.79 Å². The topological polar surface area (TPSA) is 46.5 Å². The molecule has 0 spiro atoms. The summed E-state index contributed by atoms with van der Waals surface area (Å²) < 4.78 is 5.67. The van der Waals surface area contributed by atoms with Crippen molar-refractivity contribution in [2.24, 2.45) is 0 Å². The highest BCUT2D eigenvalue weighted by Gasteiger charge is 2.17. The Bertz CT molecular complexity index is 357. The number of hydrogen-bond donors (Lipinski definition) is 1. The van der Waals surface area contributed by atoms with Crippen LogP contribution >= 0.6 is 0 Å². The first-order valence-electron chi connectivity index (χ1n) is 5.59. The maximum absolute atomic E-state index is 11.6. The molecule has 0 aromatic heterocycles. The van der Waals surface area contributed by atoms with Crippen LogP contribution in [0.5, 0.6) is 0 Å². The van der Waals surface area contributed by atoms with Crippen LogP contribution in [-0.4, -0.2) is 56.0 Å². The smallest absolute Gasteiger partial charge is 0.338 e. The highest BCUT2D eigenvalue weighted by Crippen LogP contribution is 2.02. The van der Waals surface area contributed by atoms with Crippen LogP contribution in [-0.2, 0) is 4.74 Å². The molecule has 4 heteroatoms. The summed E-state index contributed by atoms with van der Waals surface area (Å²) in [7, 11) is 5.92. The summed E-state index contributed by atoms with van der Waals surface area (Å²) in [5.41, 5.74) is 0.505. The van der Waals surface area contributed by atoms with Crippen molar-refractivity contribution in [3.05, 3.63) is 35.9 Å². The van der Waals surface area contributed by atoms with E-state index < -0.39 is 12.1 Å². The summed E-state index contributed by atoms with van der Waals surface area (Å²) in [6.07, 6.45) is -0.636. The van der Waals surface area contributed by atoms with Crippen LogP contribution < -0.4 is 0 Å². The Morgan fingerprint density at radius 1 is 1.29 bits per heavy atom. The van der Waals surface area contributed by atoms with Crippen molar-refractivity contribution in [3.63, 3.8) is 0 Å². The van der Waals surface area contributed by atoms with Crippen LogP contribution in [0.4, 0.5) is 0 Å². The molecule has 17 heavy (non-hydrogen) atoms. The summed E-state index contributed by atoms with van der Waals surface area (Å²) in [5, 5.41) is 9.69. The van der Waals surface area contributed by atoms with E-state index in [0.29, 0.717) is 16.6 Å². The highest BCUT2D eigenvalue weighted by atomic mass is 16.5. The first-order valence-corrected chi connectivity index (χ1v) is 5.59. The van der Waals surface area contributed by atoms with Gasteiger partial charge in [-0.2, -0.15) is 0 Å². The molecule has 1 N–H and O–H groups in total. The number of aliphatic hydroxyl groups excluding tert-OH is 1. The Kier molecular flexibility index (Phi) is 4.66. The second kappa shape index (κ2) is 5.80. The van der Waals surface area contributed by atoms with Crippen LogP contribution in [0.3, 0.4) is 0 Å². The van der Waals surface area contributed by atoms with E-state index in [1.54, 1.807) is 24.3 Å². The van der Waals surface area contributed by atoms with Crippen molar-refractivity contribution in [1.82, 2.24) is 0 Å². The molecule has 0 saturated carbocycles. The zero-order chi connectivity index (χ0) is 12.9. The summed E-state index contributed by atoms with van der Waals surface area (Å²) in [6.45, 7) is 0.575. The molecule has 0 aliphatic carbocycles. The monoisotopic (exact) mass is 238 g/mol. The average Bonchev–Trinajstić information content (AvgIpc) is 2.25. The number of nitrogens with zero attached hydrogens (tertiary/aromatic N) is 1. The minimum absolute atomic E-state index is 0.0310. The van der Waals surface area contributed by atoms with Crippen LogP contribution in [0.25, 0.3) is 0 Å². The number of quaternary nitrogens is 1. The molecule has 0 aliphatic rings. The summed E-state index contributed by atoms with van der Waals surface area (Å²) in [6, 6.07) is 8.77. The van der Waals surface area contributed by atoms with Crippen molar-refractivity contribution in [1.29, 1.82) is 0 Å². The lowest BCUT2D eigenvalue weighted by Gasteiger charge is -2.26. The minimum atomic E-state index is -0.636. The fourth-order valence-electron chi connectivity index (χ4n) is 1.51. The van der Waals surface area contributed by atoms with E-state index in [2.05, 4.69) is 0 Å². The number of benzene rings is 1. The lowest BCUT2D eigenvalue weighted by molar-refractivity contribution is -0.873. The molecule has 0 saturated heterocycles. The zero-order valence-electron chi connectivity index (χ0n) is 10.6. The number of carbonyl (C=O) groups is 1. The fraction of sp³-hybridized carbons (Fsp3) is 0.462. The summed E-state index contributed by atoms with van der Waals surface area (Å²) in [4.78, 5) is 11.6. The lowest BCUT2D eigenvalue weighted by atomic mass is 10.2. The molecule has 0 fully saturated rings. The van der Waals surface area contributed by atoms with Crippen LogP contribution in [0.2, 0.25) is 0 Å². The Hall–Kier alpha value is -1.39. The van der Waals surface area contributed by atoms with Gasteiger partial charge in [-0.05, 0) is 12.1 Å². The van der Waals surface area contributed by atoms with Gasteiger partial charge in [-0.3, -0.25) is 0 Å². The molecule has 1 atom stereocenters. The number of esters is 1. The van der Waals surface area contributed by atoms with Crippen molar-refractivity contribution in [2.45, 2.75) is 6.10 Å². The Labute approximate surface area is 102 Å². The molecule has 0 amide bonds. The molecular formula is C13H20NO3+. The minimum Gasteiger partial charge on any atom is -0.459 e. The van der Waals surface area contributed by atoms with Gasteiger partial charge in [0.1, 0.15) is 19.3 Å². The van der Waals surface area contributed by atoms with Gasteiger partial charge in [-0.15, -0.1) is 0 Å². The molecule has 1 unspecified atom stereocenters. The maximum atomic E-state index is 11.6. The zero-order valence-corrected chi connectivity index (χ0v) is 10.6. The molecule has 94 valence electrons. The van der Waals surface area contributed by atoms with Gasteiger partial charge >= 0.3 is 5.97 Å². The molecule has 1 aromatic carbocycles. The normalized spacial score (nSPS) is 13.2. The van der Waals surface area contributed by atoms with E-state index in [0.717, 1.165) is 0 Å². The van der Waals surface area contributed by atoms with E-state index in [1.807, 2.05) is 27.2 Å². The van der Waals surface area contributed by atoms with E-state index in [1.165, 1.54) is 0 Å². The summed E-state index contributed by atoms with van der Waals surface area (Å²) >= 11 is 0. The third kappa shape index (κ3) is 5.47. The molecule has 0 heterocycles. The quantitative estimate of drug-likeness (QED) is 0.612. The Morgan fingerprint density at radius 2 is 1.88 bits per heavy atom. The van der Waals surface area contributed by atoms with E-state index in [-0.39, 0.29) is 6.61 Å². The van der Waals surface area contributed by atoms with Gasteiger partial charge in [0, 0.05) is 0 Å². The van der Waals surface area contributed by atoms with Crippen molar-refractivity contribution < 1.29 is 19.1 Å². The van der Waals surface area contributed by atoms with Gasteiger partial charge < -0.3 is 14.3 Å². The lowest BCUT2D eigenvalue weighted by Crippen LogP contribution is -2.43. The average molecular weight is 238 g/mol. The number of hydrogen-bond acceptors (Lipinski definition) is 3. The Morgan fingerprint density at radius 3 is 2.41 bits per heavy atom. The second-order valence-corrected chi connectivity index (χ2v) is 5.09. The van der Waals surface area contributed by atoms with E-state index in [4.69, 9.17) is 4.74 Å². The maximum Gasteiger partial charge on any atom is 0.338 e. The number of ether oxygens (including phenoxy) is 1. The van der Waals surface area contributed by atoms with E-state index in [9.17, 15) is 9.90 Å². The predicted molar refractivity (Wildman–Crippen MR) is 65.6 cm³/mol. The van der Waals surface area contributed by atoms with Gasteiger partial charge in [0.25, 0.3) is 0 Å². The highest BCUT2D eigenvalue weighted by molar-refractivity contribution is 5.89. The first kappa shape index (κ1) is 13.7. The van der Waals surface area contributed by atoms with Crippen LogP contribution in [0.1, 0.15) is 10.4 Å². The fourth-order valence-corrected chi connectivity index (χ4v) is 1.51. The molecule has 0 aliphatic heterocycles. The van der Waals surface area contributed by atoms with Crippen molar-refractivity contribution >= 4 is 5.97 Å². The van der Waals surface area contributed by atoms with Crippen molar-refractivity contribution in [2.75, 3.05) is 34.3 Å². The first-order chi connectivity index (χ1) is 7.88. The molecule has 1 aromatic rings. The molecular weight excluding hydrogens is 218 g/mol. The summed E-state index contributed by atoms with van der Waals surface area (Å²) in [5.74, 6) is -0.397. The number of aliphatic hydroxyl groups is 1. The van der Waals surface area contributed by atoms with E-state index >= 15 is 0 Å². The molecule has 0 radical (unpaired) electrons. The van der Waals surface area contributed by atoms with Crippen LogP contribution in [0.15, 0.2) is 30.3 Å². The standard InChI is InChI=1S/C13H20NO3/c1-14(2,3)9-12(15)10-17-13(16)11-7-5-4-6-8-11/h4-8,12,15H,9-10H2,1-3H3/q+1. The van der Waals surface area contributed by atoms with Gasteiger partial charge in [0.2, 0.25) is 0 Å². The molecule has 1 rings (SSSR count). The van der Waals surface area contributed by atoms with Gasteiger partial charge in [-0.1, -0.05) is 18.2 Å². The van der Waals surface area contributed by atoms with Gasteiger partial charge in [0.05, 0.1) is 26.7 Å². The Balaban J connectivity index is 2.39. The number of likely N-dealkylation sites (N-methyl/N-ethyl adjacent to an activating group) is 1. The third-order valence-corrected chi connectivity index (χ3v) is 2.17. The number of carbonyl (C=O) groups excluding carboxylic acids is 1. The van der Waals surface area contributed by atoms with Crippen LogP contribution in [0, 0.1) is 0 Å².